The SMILES string of the molecule is C#C[C@H]1CC[C@H](n2cc(NC(=O)c3cnn4ccc(N5C[C@H](N)CC(F)(F)C5)nc34)c(C(F)F)n2)CC1. The first-order valence-electron chi connectivity index (χ1n) is 12.0. The van der Waals surface area contributed by atoms with E-state index in [0.29, 0.717) is 12.8 Å². The van der Waals surface area contributed by atoms with Crippen LogP contribution in [0, 0.1) is 18.3 Å². The molecule has 3 aromatic heterocycles. The maximum Gasteiger partial charge on any atom is 0.284 e. The van der Waals surface area contributed by atoms with Gasteiger partial charge >= 0.3 is 0 Å². The van der Waals surface area contributed by atoms with Gasteiger partial charge < -0.3 is 16.0 Å². The van der Waals surface area contributed by atoms with Crippen LogP contribution >= 0.6 is 0 Å². The molecule has 0 bridgehead atoms. The third-order valence-corrected chi connectivity index (χ3v) is 6.88. The van der Waals surface area contributed by atoms with E-state index in [4.69, 9.17) is 12.2 Å². The van der Waals surface area contributed by atoms with Gasteiger partial charge in [0.05, 0.1) is 24.5 Å². The molecule has 5 rings (SSSR count). The summed E-state index contributed by atoms with van der Waals surface area (Å²) in [6, 6.07) is 0.673. The van der Waals surface area contributed by atoms with Crippen molar-refractivity contribution in [1.29, 1.82) is 0 Å². The number of halogens is 4. The molecule has 196 valence electrons. The summed E-state index contributed by atoms with van der Waals surface area (Å²) in [6.45, 7) is -0.381. The number of carbonyl (C=O) groups excluding carboxylic acids is 1. The zero-order valence-electron chi connectivity index (χ0n) is 19.8. The molecule has 4 heterocycles. The number of nitrogens with zero attached hydrogens (tertiary/aromatic N) is 6. The van der Waals surface area contributed by atoms with E-state index in [0.717, 1.165) is 12.8 Å². The number of fused-ring (bicyclic) bond motifs is 1. The van der Waals surface area contributed by atoms with Crippen LogP contribution in [0.25, 0.3) is 5.65 Å². The number of carbonyl (C=O) groups is 1. The number of nitrogens with one attached hydrogen (secondary N) is 1. The monoisotopic (exact) mass is 518 g/mol. The molecule has 0 radical (unpaired) electrons. The topological polar surface area (TPSA) is 106 Å². The third-order valence-electron chi connectivity index (χ3n) is 6.88. The number of hydrogen-bond acceptors (Lipinski definition) is 6. The van der Waals surface area contributed by atoms with Gasteiger partial charge in [-0.3, -0.25) is 9.48 Å². The first kappa shape index (κ1) is 25.0. The highest BCUT2D eigenvalue weighted by atomic mass is 19.3. The fourth-order valence-electron chi connectivity index (χ4n) is 5.06. The van der Waals surface area contributed by atoms with E-state index in [9.17, 15) is 22.4 Å². The molecule has 9 nitrogen and oxygen atoms in total. The number of hydrogen-bond donors (Lipinski definition) is 2. The Morgan fingerprint density at radius 3 is 2.70 bits per heavy atom. The third kappa shape index (κ3) is 5.11. The fourth-order valence-corrected chi connectivity index (χ4v) is 5.06. The number of nitrogens with two attached hydrogens (primary N) is 1. The van der Waals surface area contributed by atoms with E-state index < -0.39 is 43.0 Å². The number of anilines is 2. The van der Waals surface area contributed by atoms with Gasteiger partial charge in [0.25, 0.3) is 18.3 Å². The zero-order chi connectivity index (χ0) is 26.3. The van der Waals surface area contributed by atoms with Crippen LogP contribution in [0.2, 0.25) is 0 Å². The second-order valence-corrected chi connectivity index (χ2v) is 9.65. The van der Waals surface area contributed by atoms with Crippen molar-refractivity contribution >= 4 is 23.1 Å². The number of amides is 1. The Bertz CT molecular complexity index is 1340. The highest BCUT2D eigenvalue weighted by molar-refractivity contribution is 6.08. The number of alkyl halides is 4. The Labute approximate surface area is 210 Å². The summed E-state index contributed by atoms with van der Waals surface area (Å²) in [5.41, 5.74) is 5.23. The van der Waals surface area contributed by atoms with Gasteiger partial charge in [0.15, 0.2) is 11.3 Å². The molecule has 1 aliphatic carbocycles. The van der Waals surface area contributed by atoms with E-state index in [1.807, 2.05) is 0 Å². The van der Waals surface area contributed by atoms with Gasteiger partial charge in [0.2, 0.25) is 0 Å². The summed E-state index contributed by atoms with van der Waals surface area (Å²) in [4.78, 5) is 18.8. The molecule has 0 aromatic carbocycles. The lowest BCUT2D eigenvalue weighted by Gasteiger charge is -2.36. The minimum Gasteiger partial charge on any atom is -0.349 e. The van der Waals surface area contributed by atoms with Crippen LogP contribution in [0.5, 0.6) is 0 Å². The van der Waals surface area contributed by atoms with Crippen molar-refractivity contribution in [3.63, 3.8) is 0 Å². The maximum atomic E-state index is 14.1. The largest absolute Gasteiger partial charge is 0.349 e. The zero-order valence-corrected chi connectivity index (χ0v) is 19.8. The number of rotatable bonds is 5. The van der Waals surface area contributed by atoms with E-state index in [-0.39, 0.29) is 41.2 Å². The van der Waals surface area contributed by atoms with Crippen LogP contribution in [0.3, 0.4) is 0 Å². The summed E-state index contributed by atoms with van der Waals surface area (Å²) in [5, 5.41) is 10.6. The molecule has 13 heteroatoms. The second-order valence-electron chi connectivity index (χ2n) is 9.65. The van der Waals surface area contributed by atoms with Crippen LogP contribution in [0.15, 0.2) is 24.7 Å². The average Bonchev–Trinajstić information content (AvgIpc) is 3.47. The summed E-state index contributed by atoms with van der Waals surface area (Å²) >= 11 is 0. The molecule has 37 heavy (non-hydrogen) atoms. The van der Waals surface area contributed by atoms with E-state index in [2.05, 4.69) is 26.4 Å². The molecule has 3 N–H and O–H groups in total. The minimum atomic E-state index is -2.97. The Hall–Kier alpha value is -3.66. The Balaban J connectivity index is 1.39. The lowest BCUT2D eigenvalue weighted by Crippen LogP contribution is -2.52. The molecule has 1 aliphatic heterocycles. The van der Waals surface area contributed by atoms with E-state index >= 15 is 0 Å². The average molecular weight is 519 g/mol. The van der Waals surface area contributed by atoms with Gasteiger partial charge in [-0.05, 0) is 31.7 Å². The number of piperidine rings is 1. The number of terminal acetylenes is 1. The van der Waals surface area contributed by atoms with Crippen molar-refractivity contribution in [2.24, 2.45) is 11.7 Å². The van der Waals surface area contributed by atoms with Crippen LogP contribution in [0.4, 0.5) is 29.1 Å². The summed E-state index contributed by atoms with van der Waals surface area (Å²) < 4.78 is 58.4. The van der Waals surface area contributed by atoms with Gasteiger partial charge in [-0.1, -0.05) is 0 Å². The highest BCUT2D eigenvalue weighted by Gasteiger charge is 2.39. The van der Waals surface area contributed by atoms with Gasteiger partial charge in [0, 0.05) is 37.3 Å². The quantitative estimate of drug-likeness (QED) is 0.395. The molecular weight excluding hydrogens is 492 g/mol. The summed E-state index contributed by atoms with van der Waals surface area (Å²) in [6.07, 6.45) is 9.25. The van der Waals surface area contributed by atoms with Gasteiger partial charge in [-0.2, -0.15) is 10.2 Å². The van der Waals surface area contributed by atoms with Crippen LogP contribution < -0.4 is 16.0 Å². The molecule has 1 atom stereocenters. The molecule has 0 unspecified atom stereocenters. The summed E-state index contributed by atoms with van der Waals surface area (Å²) in [7, 11) is 0. The van der Waals surface area contributed by atoms with Crippen LogP contribution in [0.1, 0.15) is 60.6 Å². The first-order chi connectivity index (χ1) is 17.6. The van der Waals surface area contributed by atoms with Crippen molar-refractivity contribution in [3.8, 4) is 12.3 Å². The smallest absolute Gasteiger partial charge is 0.284 e. The molecule has 0 spiro atoms. The number of aromatic nitrogens is 5. The fraction of sp³-hybridized carbons (Fsp3) is 0.500. The Morgan fingerprint density at radius 2 is 2.03 bits per heavy atom. The lowest BCUT2D eigenvalue weighted by atomic mass is 9.87. The first-order valence-corrected chi connectivity index (χ1v) is 12.0. The van der Waals surface area contributed by atoms with Crippen molar-refractivity contribution < 1.29 is 22.4 Å². The minimum absolute atomic E-state index is 0.00240. The Morgan fingerprint density at radius 1 is 1.27 bits per heavy atom. The van der Waals surface area contributed by atoms with Gasteiger partial charge in [-0.25, -0.2) is 27.1 Å². The maximum absolute atomic E-state index is 14.1. The molecule has 1 saturated heterocycles. The molecule has 1 amide bonds. The van der Waals surface area contributed by atoms with Crippen molar-refractivity contribution in [2.75, 3.05) is 23.3 Å². The molecular formula is C24H26F4N8O. The normalized spacial score (nSPS) is 23.8. The standard InChI is InChI=1S/C24H26F4N8O/c1-2-14-3-5-16(6-4-14)36-12-18(20(33-36)21(25)26)31-23(37)17-10-30-35-8-7-19(32-22(17)35)34-11-15(29)9-24(27,28)13-34/h1,7-8,10,12,14-16,21H,3-6,9,11,13,29H2,(H,31,37)/t14-,15-,16-/m1/s1. The van der Waals surface area contributed by atoms with Crippen LogP contribution in [-0.2, 0) is 0 Å². The lowest BCUT2D eigenvalue weighted by molar-refractivity contribution is -0.0174. The Kier molecular flexibility index (Phi) is 6.53. The second kappa shape index (κ2) is 9.66. The molecule has 3 aromatic rings. The molecule has 2 fully saturated rings. The molecule has 2 aliphatic rings. The van der Waals surface area contributed by atoms with Crippen molar-refractivity contribution in [1.82, 2.24) is 24.4 Å². The van der Waals surface area contributed by atoms with Gasteiger partial charge in [0.1, 0.15) is 11.4 Å². The highest BCUT2D eigenvalue weighted by Crippen LogP contribution is 2.35. The van der Waals surface area contributed by atoms with E-state index in [1.54, 1.807) is 0 Å². The summed E-state index contributed by atoms with van der Waals surface area (Å²) in [5.74, 6) is -0.592. The predicted octanol–water partition coefficient (Wildman–Crippen LogP) is 3.65. The van der Waals surface area contributed by atoms with Gasteiger partial charge in [-0.15, -0.1) is 12.3 Å². The van der Waals surface area contributed by atoms with Crippen molar-refractivity contribution in [3.05, 3.63) is 35.9 Å². The molecule has 1 saturated carbocycles. The van der Waals surface area contributed by atoms with E-state index in [1.165, 1.54) is 38.8 Å². The van der Waals surface area contributed by atoms with Crippen LogP contribution in [-0.4, -0.2) is 55.3 Å². The van der Waals surface area contributed by atoms with Crippen molar-refractivity contribution in [2.45, 2.75) is 56.5 Å². The predicted molar refractivity (Wildman–Crippen MR) is 128 cm³/mol.